The van der Waals surface area contributed by atoms with Crippen molar-refractivity contribution in [1.82, 2.24) is 0 Å². The highest BCUT2D eigenvalue weighted by molar-refractivity contribution is 5.94. The summed E-state index contributed by atoms with van der Waals surface area (Å²) in [7, 11) is 0. The summed E-state index contributed by atoms with van der Waals surface area (Å²) in [5, 5.41) is 6.89. The molecule has 1 aromatic rings. The van der Waals surface area contributed by atoms with Gasteiger partial charge in [-0.1, -0.05) is 84.4 Å². The molecule has 1 rings (SSSR count). The number of aliphatic imine (C=N–C) groups is 1. The first-order valence-electron chi connectivity index (χ1n) is 12.3. The predicted octanol–water partition coefficient (Wildman–Crippen LogP) is 7.93. The molecule has 5 nitrogen and oxygen atoms in total. The number of nitrogens with zero attached hydrogens (tertiary/aromatic N) is 1. The molecular weight excluding hydrogens is 424 g/mol. The van der Waals surface area contributed by atoms with Crippen LogP contribution in [0.25, 0.3) is 0 Å². The van der Waals surface area contributed by atoms with Crippen LogP contribution >= 0.6 is 0 Å². The number of ketones is 1. The quantitative estimate of drug-likeness (QED) is 0.0899. The number of amidine groups is 1. The molecular formula is C29H50N2O3. The highest BCUT2D eigenvalue weighted by atomic mass is 16.3. The van der Waals surface area contributed by atoms with Crippen LogP contribution in [0.4, 0.5) is 0 Å². The fourth-order valence-corrected chi connectivity index (χ4v) is 2.86. The maximum atomic E-state index is 11.3. The van der Waals surface area contributed by atoms with Gasteiger partial charge in [0.05, 0.1) is 5.84 Å². The maximum absolute atomic E-state index is 11.3. The van der Waals surface area contributed by atoms with Crippen LogP contribution in [0.3, 0.4) is 0 Å². The van der Waals surface area contributed by atoms with E-state index in [2.05, 4.69) is 76.5 Å². The van der Waals surface area contributed by atoms with Crippen molar-refractivity contribution in [2.75, 3.05) is 0 Å². The van der Waals surface area contributed by atoms with Gasteiger partial charge >= 0.3 is 0 Å². The zero-order valence-corrected chi connectivity index (χ0v) is 22.9. The number of unbranched alkanes of at least 4 members (excludes halogenated alkanes) is 1. The lowest BCUT2D eigenvalue weighted by Gasteiger charge is -2.10. The molecule has 0 saturated heterocycles. The van der Waals surface area contributed by atoms with Gasteiger partial charge in [-0.25, -0.2) is 4.99 Å². The van der Waals surface area contributed by atoms with Gasteiger partial charge in [-0.05, 0) is 63.4 Å². The summed E-state index contributed by atoms with van der Waals surface area (Å²) in [6, 6.07) is 10.7. The monoisotopic (exact) mass is 474 g/mol. The lowest BCUT2D eigenvalue weighted by molar-refractivity contribution is -0.123. The summed E-state index contributed by atoms with van der Waals surface area (Å²) >= 11 is 0. The maximum Gasteiger partial charge on any atom is 0.290 e. The molecule has 3 N–H and O–H groups in total. The van der Waals surface area contributed by atoms with E-state index in [1.165, 1.54) is 18.4 Å². The van der Waals surface area contributed by atoms with Crippen molar-refractivity contribution in [3.63, 3.8) is 0 Å². The van der Waals surface area contributed by atoms with E-state index in [9.17, 15) is 4.79 Å². The summed E-state index contributed by atoms with van der Waals surface area (Å²) in [6.45, 7) is 19.6. The number of hydrogen-bond acceptors (Lipinski definition) is 3. The Morgan fingerprint density at radius 1 is 1.12 bits per heavy atom. The van der Waals surface area contributed by atoms with Gasteiger partial charge in [0.2, 0.25) is 0 Å². The molecule has 0 amide bonds. The zero-order valence-electron chi connectivity index (χ0n) is 22.9. The van der Waals surface area contributed by atoms with Gasteiger partial charge in [0.25, 0.3) is 6.47 Å². The third-order valence-electron chi connectivity index (χ3n) is 4.33. The number of Topliss-reactive ketones (excluding diaryl/α,β-unsaturated/α-hetero) is 1. The van der Waals surface area contributed by atoms with Gasteiger partial charge in [-0.15, -0.1) is 6.58 Å². The third-order valence-corrected chi connectivity index (χ3v) is 4.33. The second kappa shape index (κ2) is 24.9. The highest BCUT2D eigenvalue weighted by Crippen LogP contribution is 2.20. The van der Waals surface area contributed by atoms with Crippen molar-refractivity contribution >= 4 is 18.1 Å². The molecule has 0 radical (unpaired) electrons. The number of carbonyl (C=O) groups excluding carboxylic acids is 1. The molecule has 1 atom stereocenters. The molecule has 0 aromatic heterocycles. The number of nitrogens with two attached hydrogens (primary N) is 1. The van der Waals surface area contributed by atoms with Crippen LogP contribution in [0.1, 0.15) is 105 Å². The van der Waals surface area contributed by atoms with Crippen LogP contribution < -0.4 is 5.73 Å². The normalized spacial score (nSPS) is 11.9. The van der Waals surface area contributed by atoms with E-state index in [1.807, 2.05) is 13.0 Å². The number of rotatable bonds is 10. The first-order valence-corrected chi connectivity index (χ1v) is 12.3. The minimum Gasteiger partial charge on any atom is -0.483 e. The van der Waals surface area contributed by atoms with E-state index in [-0.39, 0.29) is 12.3 Å². The van der Waals surface area contributed by atoms with Crippen LogP contribution in [0.2, 0.25) is 0 Å². The van der Waals surface area contributed by atoms with Crippen molar-refractivity contribution < 1.29 is 14.7 Å². The summed E-state index contributed by atoms with van der Waals surface area (Å²) < 4.78 is 0. The number of carboxylic acid groups (broad SMARTS) is 1. The largest absolute Gasteiger partial charge is 0.483 e. The van der Waals surface area contributed by atoms with Crippen LogP contribution in [0, 0.1) is 5.92 Å². The smallest absolute Gasteiger partial charge is 0.290 e. The molecule has 0 aliphatic rings. The standard InChI is InChI=1S/C13H18.C11H20N2O.C4H10.CH2O2/c1-3-4-6-9-12(2)13-10-7-5-8-11-13;1-5-7-10(8(3)14)11(6-2)13-9(4)12;1-4(2)3;2-1-3/h3,5,7-8,10-12H,1,4,6,9H2,2H3;5-7H2,1-4H3,(H2,12,13);4H,1-3H3;1H,(H,2,3)/b;11-10-;;. The van der Waals surface area contributed by atoms with Crippen LogP contribution in [-0.2, 0) is 9.59 Å². The number of carbonyl (C=O) groups is 2. The zero-order chi connectivity index (χ0) is 26.9. The van der Waals surface area contributed by atoms with E-state index in [4.69, 9.17) is 15.6 Å². The average Bonchev–Trinajstić information content (AvgIpc) is 2.77. The third kappa shape index (κ3) is 24.0. The van der Waals surface area contributed by atoms with Crippen molar-refractivity contribution in [3.05, 3.63) is 59.8 Å². The fourth-order valence-electron chi connectivity index (χ4n) is 2.86. The van der Waals surface area contributed by atoms with E-state index in [0.717, 1.165) is 42.9 Å². The summed E-state index contributed by atoms with van der Waals surface area (Å²) in [5.41, 5.74) is 8.61. The number of allylic oxidation sites excluding steroid dienone is 3. The Morgan fingerprint density at radius 3 is 1.97 bits per heavy atom. The van der Waals surface area contributed by atoms with Gasteiger partial charge in [0, 0.05) is 11.3 Å². The average molecular weight is 475 g/mol. The summed E-state index contributed by atoms with van der Waals surface area (Å²) in [5.74, 6) is 2.13. The minimum atomic E-state index is -0.250. The molecule has 0 aliphatic heterocycles. The first-order chi connectivity index (χ1) is 16.0. The molecule has 0 heterocycles. The van der Waals surface area contributed by atoms with Crippen LogP contribution in [-0.4, -0.2) is 23.2 Å². The lowest BCUT2D eigenvalue weighted by atomic mass is 9.96. The first kappa shape index (κ1) is 35.9. The molecule has 5 heteroatoms. The Kier molecular flexibility index (Phi) is 26.3. The van der Waals surface area contributed by atoms with Crippen molar-refractivity contribution in [2.45, 2.75) is 99.8 Å². The Balaban J connectivity index is -0.000000444. The second-order valence-electron chi connectivity index (χ2n) is 8.71. The molecule has 0 saturated carbocycles. The van der Waals surface area contributed by atoms with Crippen LogP contribution in [0.5, 0.6) is 0 Å². The van der Waals surface area contributed by atoms with Crippen molar-refractivity contribution in [3.8, 4) is 0 Å². The van der Waals surface area contributed by atoms with Crippen molar-refractivity contribution in [1.29, 1.82) is 0 Å². The van der Waals surface area contributed by atoms with E-state index in [1.54, 1.807) is 13.8 Å². The van der Waals surface area contributed by atoms with Gasteiger partial charge in [0.1, 0.15) is 0 Å². The number of hydrogen-bond donors (Lipinski definition) is 2. The van der Waals surface area contributed by atoms with Gasteiger partial charge < -0.3 is 10.8 Å². The highest BCUT2D eigenvalue weighted by Gasteiger charge is 2.08. The Bertz CT molecular complexity index is 701. The van der Waals surface area contributed by atoms with E-state index >= 15 is 0 Å². The fraction of sp³-hybridized carbons (Fsp3) is 0.552. The molecule has 34 heavy (non-hydrogen) atoms. The van der Waals surface area contributed by atoms with Gasteiger partial charge in [-0.2, -0.15) is 0 Å². The SMILES string of the molecule is C=CCCCC(C)c1ccccc1.CC(C)C.CCC/C(C(C)=O)=C(\CC)N=C(C)N.O=CO. The molecule has 194 valence electrons. The van der Waals surface area contributed by atoms with Gasteiger partial charge in [0.15, 0.2) is 5.78 Å². The number of benzene rings is 1. The summed E-state index contributed by atoms with van der Waals surface area (Å²) in [6.07, 6.45) is 8.14. The van der Waals surface area contributed by atoms with E-state index < -0.39 is 0 Å². The predicted molar refractivity (Wildman–Crippen MR) is 148 cm³/mol. The molecule has 0 fully saturated rings. The molecule has 0 bridgehead atoms. The van der Waals surface area contributed by atoms with Crippen LogP contribution in [0.15, 0.2) is 59.2 Å². The van der Waals surface area contributed by atoms with Crippen molar-refractivity contribution in [2.24, 2.45) is 16.6 Å². The minimum absolute atomic E-state index is 0.105. The molecule has 0 spiro atoms. The Labute approximate surface area is 209 Å². The molecule has 1 unspecified atom stereocenters. The molecule has 1 aromatic carbocycles. The van der Waals surface area contributed by atoms with E-state index in [0.29, 0.717) is 11.8 Å². The second-order valence-corrected chi connectivity index (χ2v) is 8.71. The Morgan fingerprint density at radius 2 is 1.62 bits per heavy atom. The summed E-state index contributed by atoms with van der Waals surface area (Å²) in [4.78, 5) is 23.9. The Hall–Kier alpha value is -2.69. The topological polar surface area (TPSA) is 92.8 Å². The lowest BCUT2D eigenvalue weighted by Crippen LogP contribution is -2.08. The molecule has 0 aliphatic carbocycles. The van der Waals surface area contributed by atoms with Gasteiger partial charge in [-0.3, -0.25) is 9.59 Å².